The Kier molecular flexibility index (Phi) is 3.00. The molecule has 0 aliphatic carbocycles. The summed E-state index contributed by atoms with van der Waals surface area (Å²) in [5, 5.41) is 0. The number of nitrogens with zero attached hydrogens (tertiary/aromatic N) is 1. The van der Waals surface area contributed by atoms with Gasteiger partial charge >= 0.3 is 12.1 Å². The summed E-state index contributed by atoms with van der Waals surface area (Å²) in [4.78, 5) is 11.3. The van der Waals surface area contributed by atoms with Crippen LogP contribution in [-0.4, -0.2) is 23.8 Å². The van der Waals surface area contributed by atoms with Crippen LogP contribution in [0.4, 0.5) is 13.2 Å². The summed E-state index contributed by atoms with van der Waals surface area (Å²) in [6.07, 6.45) is -3.56. The summed E-state index contributed by atoms with van der Waals surface area (Å²) < 4.78 is 43.8. The van der Waals surface area contributed by atoms with Gasteiger partial charge in [-0.05, 0) is 12.1 Å². The molecule has 0 unspecified atom stereocenters. The van der Waals surface area contributed by atoms with E-state index in [1.165, 1.54) is 19.3 Å². The molecule has 2 N–H and O–H groups in total. The maximum atomic E-state index is 12.8. The molecule has 0 radical (unpaired) electrons. The lowest BCUT2D eigenvalue weighted by Crippen LogP contribution is -2.58. The molecule has 7 heteroatoms. The molecule has 0 fully saturated rings. The van der Waals surface area contributed by atoms with Gasteiger partial charge in [0.25, 0.3) is 5.54 Å². The van der Waals surface area contributed by atoms with E-state index < -0.39 is 17.7 Å². The molecular weight excluding hydrogens is 225 g/mol. The smallest absolute Gasteiger partial charge is 0.423 e. The number of hydrogen-bond acceptors (Lipinski definition) is 3. The second-order valence-electron chi connectivity index (χ2n) is 3.30. The number of ether oxygens (including phenoxy) is 1. The number of rotatable bonds is 2. The van der Waals surface area contributed by atoms with E-state index in [2.05, 4.69) is 4.74 Å². The third-order valence-electron chi connectivity index (χ3n) is 2.30. The van der Waals surface area contributed by atoms with Gasteiger partial charge in [0.2, 0.25) is 0 Å². The van der Waals surface area contributed by atoms with Crippen molar-refractivity contribution in [3.8, 4) is 0 Å². The van der Waals surface area contributed by atoms with Gasteiger partial charge in [0, 0.05) is 13.2 Å². The molecule has 0 saturated carbocycles. The number of methoxy groups -OCH3 is 1. The van der Waals surface area contributed by atoms with Crippen molar-refractivity contribution in [3.63, 3.8) is 0 Å². The molecule has 0 saturated heterocycles. The average molecular weight is 236 g/mol. The number of carbonyl (C=O) groups excluding carboxylic acids is 1. The molecule has 0 spiro atoms. The maximum absolute atomic E-state index is 12.8. The lowest BCUT2D eigenvalue weighted by molar-refractivity contribution is -0.208. The molecule has 16 heavy (non-hydrogen) atoms. The maximum Gasteiger partial charge on any atom is 0.423 e. The topological polar surface area (TPSA) is 57.2 Å². The van der Waals surface area contributed by atoms with E-state index in [4.69, 9.17) is 5.73 Å². The third kappa shape index (κ3) is 1.67. The van der Waals surface area contributed by atoms with Crippen molar-refractivity contribution in [1.82, 2.24) is 4.57 Å². The zero-order valence-electron chi connectivity index (χ0n) is 8.71. The number of aryl methyl sites for hydroxylation is 1. The van der Waals surface area contributed by atoms with Gasteiger partial charge in [-0.25, -0.2) is 4.79 Å². The van der Waals surface area contributed by atoms with Gasteiger partial charge in [-0.1, -0.05) is 0 Å². The monoisotopic (exact) mass is 236 g/mol. The van der Waals surface area contributed by atoms with Crippen LogP contribution >= 0.6 is 0 Å². The molecule has 1 heterocycles. The zero-order chi connectivity index (χ0) is 12.6. The highest BCUT2D eigenvalue weighted by Gasteiger charge is 2.61. The number of hydrogen-bond donors (Lipinski definition) is 1. The minimum atomic E-state index is -4.92. The minimum Gasteiger partial charge on any atom is -0.467 e. The van der Waals surface area contributed by atoms with Gasteiger partial charge in [-0.15, -0.1) is 0 Å². The number of aromatic nitrogens is 1. The van der Waals surface area contributed by atoms with Crippen LogP contribution in [0, 0.1) is 0 Å². The largest absolute Gasteiger partial charge is 0.467 e. The number of nitrogens with two attached hydrogens (primary N) is 1. The van der Waals surface area contributed by atoms with Crippen molar-refractivity contribution in [3.05, 3.63) is 24.0 Å². The zero-order valence-corrected chi connectivity index (χ0v) is 8.71. The van der Waals surface area contributed by atoms with Gasteiger partial charge in [-0.2, -0.15) is 13.2 Å². The predicted octanol–water partition coefficient (Wildman–Crippen LogP) is 0.914. The highest BCUT2D eigenvalue weighted by atomic mass is 19.4. The van der Waals surface area contributed by atoms with Crippen molar-refractivity contribution in [2.45, 2.75) is 11.7 Å². The van der Waals surface area contributed by atoms with Crippen LogP contribution in [0.2, 0.25) is 0 Å². The first-order chi connectivity index (χ1) is 7.25. The summed E-state index contributed by atoms with van der Waals surface area (Å²) in [5.74, 6) is -1.54. The summed E-state index contributed by atoms with van der Waals surface area (Å²) in [6.45, 7) is 0. The Morgan fingerprint density at radius 2 is 2.06 bits per heavy atom. The number of halogens is 3. The Bertz CT molecular complexity index is 400. The summed E-state index contributed by atoms with van der Waals surface area (Å²) in [7, 11) is 2.23. The van der Waals surface area contributed by atoms with E-state index in [1.54, 1.807) is 0 Å². The first kappa shape index (κ1) is 12.6. The van der Waals surface area contributed by atoms with Gasteiger partial charge in [0.1, 0.15) is 0 Å². The fraction of sp³-hybridized carbons (Fsp3) is 0.444. The first-order valence-electron chi connectivity index (χ1n) is 4.31. The summed E-state index contributed by atoms with van der Waals surface area (Å²) in [5.41, 5.74) is 1.67. The number of carbonyl (C=O) groups is 1. The number of alkyl halides is 3. The molecule has 1 aromatic heterocycles. The van der Waals surface area contributed by atoms with Crippen LogP contribution in [0.1, 0.15) is 5.69 Å². The van der Waals surface area contributed by atoms with Crippen LogP contribution in [-0.2, 0) is 22.1 Å². The fourth-order valence-corrected chi connectivity index (χ4v) is 1.40. The number of esters is 1. The Hall–Kier alpha value is -1.50. The van der Waals surface area contributed by atoms with E-state index in [0.29, 0.717) is 0 Å². The minimum absolute atomic E-state index is 0.369. The molecule has 1 rings (SSSR count). The van der Waals surface area contributed by atoms with Crippen molar-refractivity contribution in [2.24, 2.45) is 12.8 Å². The van der Waals surface area contributed by atoms with Crippen LogP contribution in [0.3, 0.4) is 0 Å². The molecule has 4 nitrogen and oxygen atoms in total. The van der Waals surface area contributed by atoms with Gasteiger partial charge in [0.05, 0.1) is 12.8 Å². The van der Waals surface area contributed by atoms with Crippen molar-refractivity contribution in [1.29, 1.82) is 0 Å². The Morgan fingerprint density at radius 1 is 1.50 bits per heavy atom. The van der Waals surface area contributed by atoms with Crippen LogP contribution < -0.4 is 5.73 Å². The van der Waals surface area contributed by atoms with Gasteiger partial charge < -0.3 is 15.0 Å². The Balaban J connectivity index is 3.38. The quantitative estimate of drug-likeness (QED) is 0.776. The van der Waals surface area contributed by atoms with E-state index in [9.17, 15) is 18.0 Å². The molecule has 0 aliphatic rings. The molecule has 1 aromatic rings. The standard InChI is InChI=1S/C9H11F3N2O2/c1-14-5-3-4-6(14)8(13,7(15)16-2)9(10,11)12/h3-5H,13H2,1-2H3/t8-/m1/s1. The van der Waals surface area contributed by atoms with E-state index in [0.717, 1.165) is 17.7 Å². The Labute approximate surface area is 89.8 Å². The molecule has 1 atom stereocenters. The summed E-state index contributed by atoms with van der Waals surface area (Å²) in [6, 6.07) is 2.50. The highest BCUT2D eigenvalue weighted by molar-refractivity contribution is 5.83. The first-order valence-corrected chi connectivity index (χ1v) is 4.31. The lowest BCUT2D eigenvalue weighted by atomic mass is 9.96. The predicted molar refractivity (Wildman–Crippen MR) is 49.3 cm³/mol. The fourth-order valence-electron chi connectivity index (χ4n) is 1.40. The van der Waals surface area contributed by atoms with E-state index >= 15 is 0 Å². The molecule has 0 aromatic carbocycles. The van der Waals surface area contributed by atoms with Gasteiger partial charge in [-0.3, -0.25) is 0 Å². The van der Waals surface area contributed by atoms with Crippen LogP contribution in [0.5, 0.6) is 0 Å². The molecule has 0 bridgehead atoms. The van der Waals surface area contributed by atoms with Crippen LogP contribution in [0.15, 0.2) is 18.3 Å². The Morgan fingerprint density at radius 3 is 2.38 bits per heavy atom. The molecule has 90 valence electrons. The molecule has 0 amide bonds. The second-order valence-corrected chi connectivity index (χ2v) is 3.30. The van der Waals surface area contributed by atoms with Gasteiger partial charge in [0.15, 0.2) is 0 Å². The van der Waals surface area contributed by atoms with Crippen LogP contribution in [0.25, 0.3) is 0 Å². The molecule has 0 aliphatic heterocycles. The van der Waals surface area contributed by atoms with Crippen molar-refractivity contribution < 1.29 is 22.7 Å². The average Bonchev–Trinajstić information content (AvgIpc) is 2.60. The normalized spacial score (nSPS) is 15.6. The van der Waals surface area contributed by atoms with E-state index in [1.807, 2.05) is 0 Å². The summed E-state index contributed by atoms with van der Waals surface area (Å²) >= 11 is 0. The van der Waals surface area contributed by atoms with Crippen molar-refractivity contribution in [2.75, 3.05) is 7.11 Å². The van der Waals surface area contributed by atoms with Crippen molar-refractivity contribution >= 4 is 5.97 Å². The SMILES string of the molecule is COC(=O)[C@](N)(c1cccn1C)C(F)(F)F. The lowest BCUT2D eigenvalue weighted by Gasteiger charge is -2.29. The second kappa shape index (κ2) is 3.82. The highest BCUT2D eigenvalue weighted by Crippen LogP contribution is 2.37. The molecular formula is C9H11F3N2O2. The van der Waals surface area contributed by atoms with E-state index in [-0.39, 0.29) is 5.69 Å². The third-order valence-corrected chi connectivity index (χ3v) is 2.30.